The summed E-state index contributed by atoms with van der Waals surface area (Å²) >= 11 is 0. The molecule has 0 spiro atoms. The summed E-state index contributed by atoms with van der Waals surface area (Å²) in [6.45, 7) is 6.01. The van der Waals surface area contributed by atoms with Crippen LogP contribution in [0.4, 0.5) is 0 Å². The van der Waals surface area contributed by atoms with Crippen LogP contribution in [0.5, 0.6) is 0 Å². The van der Waals surface area contributed by atoms with Crippen LogP contribution in [0.3, 0.4) is 0 Å². The fourth-order valence-electron chi connectivity index (χ4n) is 1.22. The maximum absolute atomic E-state index is 11.4. The molecule has 0 saturated carbocycles. The van der Waals surface area contributed by atoms with Crippen molar-refractivity contribution >= 4 is 11.8 Å². The second-order valence-electron chi connectivity index (χ2n) is 4.14. The zero-order valence-electron chi connectivity index (χ0n) is 9.96. The predicted octanol–water partition coefficient (Wildman–Crippen LogP) is 1.57. The van der Waals surface area contributed by atoms with Crippen molar-refractivity contribution in [2.24, 2.45) is 5.41 Å². The number of carbonyl (C=O) groups is 2. The van der Waals surface area contributed by atoms with Gasteiger partial charge in [0.15, 0.2) is 5.78 Å². The van der Waals surface area contributed by atoms with Crippen LogP contribution in [-0.4, -0.2) is 32.1 Å². The highest BCUT2D eigenvalue weighted by Crippen LogP contribution is 2.22. The normalized spacial score (nSPS) is 11.2. The Kier molecular flexibility index (Phi) is 6.17. The first-order valence-corrected chi connectivity index (χ1v) is 5.12. The highest BCUT2D eigenvalue weighted by Gasteiger charge is 2.31. The van der Waals surface area contributed by atoms with Crippen molar-refractivity contribution in [3.8, 4) is 0 Å². The molecule has 4 nitrogen and oxygen atoms in total. The number of methoxy groups -OCH3 is 1. The number of hydrogen-bond donors (Lipinski definition) is 0. The van der Waals surface area contributed by atoms with Crippen LogP contribution in [0.25, 0.3) is 0 Å². The average Bonchev–Trinajstić information content (AvgIpc) is 2.16. The van der Waals surface area contributed by atoms with Gasteiger partial charge in [-0.25, -0.2) is 0 Å². The van der Waals surface area contributed by atoms with Crippen molar-refractivity contribution in [3.05, 3.63) is 0 Å². The second-order valence-corrected chi connectivity index (χ2v) is 4.14. The summed E-state index contributed by atoms with van der Waals surface area (Å²) in [5, 5.41) is 0. The van der Waals surface area contributed by atoms with Crippen LogP contribution in [0.15, 0.2) is 0 Å². The Labute approximate surface area is 90.9 Å². The van der Waals surface area contributed by atoms with E-state index in [1.165, 1.54) is 7.11 Å². The molecule has 0 saturated heterocycles. The Bertz CT molecular complexity index is 221. The monoisotopic (exact) mass is 216 g/mol. The van der Waals surface area contributed by atoms with Gasteiger partial charge in [0.25, 0.3) is 0 Å². The van der Waals surface area contributed by atoms with Gasteiger partial charge in [0.1, 0.15) is 6.61 Å². The molecular weight excluding hydrogens is 196 g/mol. The van der Waals surface area contributed by atoms with Gasteiger partial charge in [-0.3, -0.25) is 9.59 Å². The van der Waals surface area contributed by atoms with Gasteiger partial charge in [0.2, 0.25) is 0 Å². The van der Waals surface area contributed by atoms with Crippen LogP contribution in [0.1, 0.15) is 33.6 Å². The molecule has 0 aromatic carbocycles. The van der Waals surface area contributed by atoms with E-state index in [4.69, 9.17) is 4.74 Å². The van der Waals surface area contributed by atoms with Crippen molar-refractivity contribution in [1.82, 2.24) is 0 Å². The van der Waals surface area contributed by atoms with Crippen molar-refractivity contribution in [2.75, 3.05) is 20.3 Å². The minimum Gasteiger partial charge on any atom is -0.469 e. The van der Waals surface area contributed by atoms with Gasteiger partial charge in [0.05, 0.1) is 12.5 Å². The molecule has 88 valence electrons. The van der Waals surface area contributed by atoms with E-state index in [1.54, 1.807) is 13.8 Å². The Balaban J connectivity index is 3.99. The van der Waals surface area contributed by atoms with E-state index in [2.05, 4.69) is 4.74 Å². The average molecular weight is 216 g/mol. The lowest BCUT2D eigenvalue weighted by Gasteiger charge is -2.20. The number of hydrogen-bond acceptors (Lipinski definition) is 4. The Morgan fingerprint density at radius 2 is 1.87 bits per heavy atom. The lowest BCUT2D eigenvalue weighted by Crippen LogP contribution is -2.29. The zero-order valence-corrected chi connectivity index (χ0v) is 9.96. The van der Waals surface area contributed by atoms with Gasteiger partial charge in [-0.15, -0.1) is 0 Å². The molecule has 0 rings (SSSR count). The maximum atomic E-state index is 11.4. The van der Waals surface area contributed by atoms with Crippen molar-refractivity contribution in [1.29, 1.82) is 0 Å². The second kappa shape index (κ2) is 6.56. The predicted molar refractivity (Wildman–Crippen MR) is 56.5 cm³/mol. The first-order valence-electron chi connectivity index (χ1n) is 5.12. The Morgan fingerprint density at radius 3 is 2.33 bits per heavy atom. The molecule has 0 aromatic rings. The Morgan fingerprint density at radius 1 is 1.27 bits per heavy atom. The fourth-order valence-corrected chi connectivity index (χ4v) is 1.22. The summed E-state index contributed by atoms with van der Waals surface area (Å²) in [6.07, 6.45) is 1.04. The van der Waals surface area contributed by atoms with Crippen molar-refractivity contribution in [3.63, 3.8) is 0 Å². The number of Topliss-reactive ketones (excluding diaryl/α,β-unsaturated/α-hetero) is 1. The molecule has 0 aliphatic heterocycles. The maximum Gasteiger partial charge on any atom is 0.311 e. The molecule has 4 heteroatoms. The highest BCUT2D eigenvalue weighted by molar-refractivity contribution is 5.87. The zero-order chi connectivity index (χ0) is 11.9. The molecule has 15 heavy (non-hydrogen) atoms. The third kappa shape index (κ3) is 5.52. The lowest BCUT2D eigenvalue weighted by molar-refractivity contribution is -0.153. The van der Waals surface area contributed by atoms with Crippen LogP contribution in [0.2, 0.25) is 0 Å². The summed E-state index contributed by atoms with van der Waals surface area (Å²) in [7, 11) is 1.32. The topological polar surface area (TPSA) is 52.6 Å². The van der Waals surface area contributed by atoms with E-state index in [0.717, 1.165) is 6.42 Å². The minimum absolute atomic E-state index is 0.0705. The van der Waals surface area contributed by atoms with Crippen LogP contribution < -0.4 is 0 Å². The standard InChI is InChI=1S/C11H20O4/c1-5-6-15-8-9(12)7-11(2,3)10(13)14-4/h5-8H2,1-4H3. The first kappa shape index (κ1) is 14.1. The van der Waals surface area contributed by atoms with Gasteiger partial charge >= 0.3 is 5.97 Å². The summed E-state index contributed by atoms with van der Waals surface area (Å²) in [4.78, 5) is 22.7. The van der Waals surface area contributed by atoms with Gasteiger partial charge < -0.3 is 9.47 Å². The smallest absolute Gasteiger partial charge is 0.311 e. The van der Waals surface area contributed by atoms with E-state index in [1.807, 2.05) is 6.92 Å². The van der Waals surface area contributed by atoms with E-state index in [9.17, 15) is 9.59 Å². The van der Waals surface area contributed by atoms with E-state index in [-0.39, 0.29) is 24.8 Å². The quantitative estimate of drug-likeness (QED) is 0.479. The van der Waals surface area contributed by atoms with Crippen LogP contribution >= 0.6 is 0 Å². The van der Waals surface area contributed by atoms with Gasteiger partial charge in [-0.1, -0.05) is 6.92 Å². The number of rotatable bonds is 7. The third-order valence-corrected chi connectivity index (χ3v) is 1.99. The molecule has 0 aliphatic rings. The number of ketones is 1. The summed E-state index contributed by atoms with van der Waals surface area (Å²) in [6, 6.07) is 0. The molecule has 0 fully saturated rings. The van der Waals surface area contributed by atoms with Gasteiger partial charge in [-0.05, 0) is 20.3 Å². The van der Waals surface area contributed by atoms with E-state index >= 15 is 0 Å². The molecule has 0 radical (unpaired) electrons. The molecule has 0 atom stereocenters. The summed E-state index contributed by atoms with van der Waals surface area (Å²) in [5.41, 5.74) is -0.762. The molecular formula is C11H20O4. The molecule has 0 aliphatic carbocycles. The van der Waals surface area contributed by atoms with E-state index < -0.39 is 5.41 Å². The lowest BCUT2D eigenvalue weighted by atomic mass is 9.87. The molecule has 0 bridgehead atoms. The number of esters is 1. The largest absolute Gasteiger partial charge is 0.469 e. The highest BCUT2D eigenvalue weighted by atomic mass is 16.5. The minimum atomic E-state index is -0.762. The fraction of sp³-hybridized carbons (Fsp3) is 0.818. The van der Waals surface area contributed by atoms with Gasteiger partial charge in [-0.2, -0.15) is 0 Å². The Hall–Kier alpha value is -0.900. The van der Waals surface area contributed by atoms with Crippen molar-refractivity contribution < 1.29 is 19.1 Å². The SMILES string of the molecule is CCCOCC(=O)CC(C)(C)C(=O)OC. The van der Waals surface area contributed by atoms with Crippen molar-refractivity contribution in [2.45, 2.75) is 33.6 Å². The van der Waals surface area contributed by atoms with E-state index in [0.29, 0.717) is 6.61 Å². The number of carbonyl (C=O) groups excluding carboxylic acids is 2. The molecule has 0 amide bonds. The third-order valence-electron chi connectivity index (χ3n) is 1.99. The number of ether oxygens (including phenoxy) is 2. The summed E-state index contributed by atoms with van der Waals surface area (Å²) in [5.74, 6) is -0.440. The summed E-state index contributed by atoms with van der Waals surface area (Å²) < 4.78 is 9.71. The molecule has 0 unspecified atom stereocenters. The van der Waals surface area contributed by atoms with Crippen LogP contribution in [0, 0.1) is 5.41 Å². The van der Waals surface area contributed by atoms with Gasteiger partial charge in [0, 0.05) is 13.0 Å². The van der Waals surface area contributed by atoms with Crippen LogP contribution in [-0.2, 0) is 19.1 Å². The molecule has 0 heterocycles. The molecule has 0 N–H and O–H groups in total. The first-order chi connectivity index (χ1) is 6.94. The molecule has 0 aromatic heterocycles.